The van der Waals surface area contributed by atoms with Crippen molar-refractivity contribution >= 4 is 22.7 Å². The highest BCUT2D eigenvalue weighted by Crippen LogP contribution is 2.44. The maximum atomic E-state index is 3.49. The molecule has 0 fully saturated rings. The third-order valence-electron chi connectivity index (χ3n) is 6.11. The van der Waals surface area contributed by atoms with E-state index < -0.39 is 0 Å². The van der Waals surface area contributed by atoms with Crippen molar-refractivity contribution in [3.05, 3.63) is 121 Å². The van der Waals surface area contributed by atoms with Crippen LogP contribution in [-0.4, -0.2) is 0 Å². The molecule has 0 bridgehead atoms. The number of hydrogen-bond acceptors (Lipinski definition) is 2. The Bertz CT molecular complexity index is 1050. The summed E-state index contributed by atoms with van der Waals surface area (Å²) in [5, 5.41) is 3.49. The molecule has 4 aromatic carbocycles. The van der Waals surface area contributed by atoms with Crippen LogP contribution in [0.25, 0.3) is 0 Å². The lowest BCUT2D eigenvalue weighted by molar-refractivity contribution is 0.403. The minimum Gasteiger partial charge on any atom is -0.356 e. The first-order valence-electron chi connectivity index (χ1n) is 11.1. The van der Waals surface area contributed by atoms with Crippen LogP contribution >= 0.6 is 0 Å². The SMILES string of the molecule is CCC(CC)(c1ccccc1)N(c1ccccc1)c1ccc(Nc2ccccc2)cc1. The Balaban J connectivity index is 1.77. The van der Waals surface area contributed by atoms with Gasteiger partial charge in [0.1, 0.15) is 0 Å². The van der Waals surface area contributed by atoms with Gasteiger partial charge in [0, 0.05) is 22.7 Å². The summed E-state index contributed by atoms with van der Waals surface area (Å²) in [6, 6.07) is 40.7. The van der Waals surface area contributed by atoms with Crippen molar-refractivity contribution in [2.24, 2.45) is 0 Å². The predicted molar refractivity (Wildman–Crippen MR) is 133 cm³/mol. The molecule has 0 aliphatic heterocycles. The Morgan fingerprint density at radius 1 is 0.548 bits per heavy atom. The van der Waals surface area contributed by atoms with Crippen LogP contribution in [0.2, 0.25) is 0 Å². The number of benzene rings is 4. The number of hydrogen-bond donors (Lipinski definition) is 1. The van der Waals surface area contributed by atoms with E-state index in [1.807, 2.05) is 18.2 Å². The van der Waals surface area contributed by atoms with E-state index in [-0.39, 0.29) is 5.54 Å². The van der Waals surface area contributed by atoms with Crippen molar-refractivity contribution in [2.45, 2.75) is 32.2 Å². The molecule has 0 aromatic heterocycles. The fraction of sp³-hybridized carbons (Fsp3) is 0.172. The Labute approximate surface area is 186 Å². The minimum absolute atomic E-state index is 0.128. The summed E-state index contributed by atoms with van der Waals surface area (Å²) < 4.78 is 0. The van der Waals surface area contributed by atoms with Crippen LogP contribution < -0.4 is 10.2 Å². The molecule has 0 radical (unpaired) electrons. The van der Waals surface area contributed by atoms with Crippen molar-refractivity contribution in [3.8, 4) is 0 Å². The molecule has 0 atom stereocenters. The Hall–Kier alpha value is -3.52. The van der Waals surface area contributed by atoms with Gasteiger partial charge in [-0.25, -0.2) is 0 Å². The van der Waals surface area contributed by atoms with E-state index >= 15 is 0 Å². The number of anilines is 4. The Kier molecular flexibility index (Phi) is 6.37. The van der Waals surface area contributed by atoms with Gasteiger partial charge >= 0.3 is 0 Å². The minimum atomic E-state index is -0.128. The maximum absolute atomic E-state index is 3.49. The van der Waals surface area contributed by atoms with E-state index in [9.17, 15) is 0 Å². The van der Waals surface area contributed by atoms with E-state index in [1.165, 1.54) is 16.9 Å². The topological polar surface area (TPSA) is 15.3 Å². The van der Waals surface area contributed by atoms with E-state index in [0.717, 1.165) is 24.2 Å². The molecular weight excluding hydrogens is 376 g/mol. The summed E-state index contributed by atoms with van der Waals surface area (Å²) in [5.41, 5.74) is 5.79. The van der Waals surface area contributed by atoms with Crippen molar-refractivity contribution in [1.29, 1.82) is 0 Å². The van der Waals surface area contributed by atoms with E-state index in [2.05, 4.69) is 121 Å². The quantitative estimate of drug-likeness (QED) is 0.317. The number of nitrogens with one attached hydrogen (secondary N) is 1. The molecule has 4 rings (SSSR count). The smallest absolute Gasteiger partial charge is 0.0697 e. The standard InChI is InChI=1S/C29H30N2/c1-3-29(4-2,24-14-8-5-9-15-24)31(27-18-12-7-13-19-27)28-22-20-26(21-23-28)30-25-16-10-6-11-17-25/h5-23,30H,3-4H2,1-2H3. The maximum Gasteiger partial charge on any atom is 0.0697 e. The summed E-state index contributed by atoms with van der Waals surface area (Å²) >= 11 is 0. The summed E-state index contributed by atoms with van der Waals surface area (Å²) in [4.78, 5) is 2.51. The monoisotopic (exact) mass is 406 g/mol. The highest BCUT2D eigenvalue weighted by atomic mass is 15.2. The lowest BCUT2D eigenvalue weighted by Crippen LogP contribution is -2.42. The van der Waals surface area contributed by atoms with Crippen LogP contribution in [0.15, 0.2) is 115 Å². The van der Waals surface area contributed by atoms with Gasteiger partial charge in [-0.15, -0.1) is 0 Å². The van der Waals surface area contributed by atoms with E-state index in [4.69, 9.17) is 0 Å². The second-order valence-electron chi connectivity index (χ2n) is 7.81. The Morgan fingerprint density at radius 3 is 1.55 bits per heavy atom. The summed E-state index contributed by atoms with van der Waals surface area (Å²) in [6.45, 7) is 4.58. The van der Waals surface area contributed by atoms with Gasteiger partial charge in [-0.2, -0.15) is 0 Å². The normalized spacial score (nSPS) is 11.2. The van der Waals surface area contributed by atoms with Crippen molar-refractivity contribution in [1.82, 2.24) is 0 Å². The van der Waals surface area contributed by atoms with Gasteiger partial charge in [-0.05, 0) is 66.9 Å². The molecule has 156 valence electrons. The third kappa shape index (κ3) is 4.34. The largest absolute Gasteiger partial charge is 0.356 e. The average molecular weight is 407 g/mol. The van der Waals surface area contributed by atoms with Crippen molar-refractivity contribution in [3.63, 3.8) is 0 Å². The molecule has 0 unspecified atom stereocenters. The first-order chi connectivity index (χ1) is 15.3. The molecule has 4 aromatic rings. The number of nitrogens with zero attached hydrogens (tertiary/aromatic N) is 1. The zero-order chi connectivity index (χ0) is 21.5. The second kappa shape index (κ2) is 9.53. The molecular formula is C29H30N2. The molecule has 31 heavy (non-hydrogen) atoms. The molecule has 0 saturated heterocycles. The van der Waals surface area contributed by atoms with Gasteiger partial charge in [0.15, 0.2) is 0 Å². The Morgan fingerprint density at radius 2 is 1.00 bits per heavy atom. The molecule has 0 aliphatic rings. The van der Waals surface area contributed by atoms with Crippen LogP contribution in [0.4, 0.5) is 22.7 Å². The molecule has 2 nitrogen and oxygen atoms in total. The lowest BCUT2D eigenvalue weighted by atomic mass is 9.82. The van der Waals surface area contributed by atoms with Crippen molar-refractivity contribution in [2.75, 3.05) is 10.2 Å². The van der Waals surface area contributed by atoms with E-state index in [0.29, 0.717) is 0 Å². The predicted octanol–water partition coefficient (Wildman–Crippen LogP) is 8.28. The van der Waals surface area contributed by atoms with Gasteiger partial charge in [0.2, 0.25) is 0 Å². The molecule has 0 amide bonds. The molecule has 0 aliphatic carbocycles. The lowest BCUT2D eigenvalue weighted by Gasteiger charge is -2.45. The van der Waals surface area contributed by atoms with Gasteiger partial charge in [0.05, 0.1) is 5.54 Å². The fourth-order valence-electron chi connectivity index (χ4n) is 4.45. The van der Waals surface area contributed by atoms with E-state index in [1.54, 1.807) is 0 Å². The van der Waals surface area contributed by atoms with Crippen LogP contribution in [0.3, 0.4) is 0 Å². The van der Waals surface area contributed by atoms with Crippen LogP contribution in [0, 0.1) is 0 Å². The molecule has 2 heteroatoms. The first-order valence-corrected chi connectivity index (χ1v) is 11.1. The molecule has 0 spiro atoms. The zero-order valence-corrected chi connectivity index (χ0v) is 18.3. The summed E-state index contributed by atoms with van der Waals surface area (Å²) in [7, 11) is 0. The highest BCUT2D eigenvalue weighted by Gasteiger charge is 2.36. The van der Waals surface area contributed by atoms with Crippen LogP contribution in [0.5, 0.6) is 0 Å². The zero-order valence-electron chi connectivity index (χ0n) is 18.3. The van der Waals surface area contributed by atoms with Gasteiger partial charge in [-0.1, -0.05) is 80.6 Å². The van der Waals surface area contributed by atoms with Gasteiger partial charge < -0.3 is 10.2 Å². The van der Waals surface area contributed by atoms with Gasteiger partial charge in [-0.3, -0.25) is 0 Å². The van der Waals surface area contributed by atoms with Crippen LogP contribution in [0.1, 0.15) is 32.3 Å². The highest BCUT2D eigenvalue weighted by molar-refractivity contribution is 5.70. The average Bonchev–Trinajstić information content (AvgIpc) is 2.85. The fourth-order valence-corrected chi connectivity index (χ4v) is 4.45. The summed E-state index contributed by atoms with van der Waals surface area (Å²) in [6.07, 6.45) is 2.01. The number of rotatable bonds is 8. The molecule has 0 heterocycles. The van der Waals surface area contributed by atoms with Gasteiger partial charge in [0.25, 0.3) is 0 Å². The first kappa shape index (κ1) is 20.7. The summed E-state index contributed by atoms with van der Waals surface area (Å²) in [5.74, 6) is 0. The molecule has 0 saturated carbocycles. The molecule has 1 N–H and O–H groups in total. The van der Waals surface area contributed by atoms with Crippen molar-refractivity contribution < 1.29 is 0 Å². The number of para-hydroxylation sites is 2. The van der Waals surface area contributed by atoms with Crippen LogP contribution in [-0.2, 0) is 5.54 Å². The third-order valence-corrected chi connectivity index (χ3v) is 6.11. The second-order valence-corrected chi connectivity index (χ2v) is 7.81.